The number of nitrogens with zero attached hydrogens (tertiary/aromatic N) is 1. The third kappa shape index (κ3) is 3.85. The van der Waals surface area contributed by atoms with Crippen LogP contribution in [0.3, 0.4) is 0 Å². The van der Waals surface area contributed by atoms with Gasteiger partial charge in [0.15, 0.2) is 0 Å². The predicted molar refractivity (Wildman–Crippen MR) is 82.7 cm³/mol. The van der Waals surface area contributed by atoms with Gasteiger partial charge in [-0.3, -0.25) is 4.98 Å². The first-order valence-corrected chi connectivity index (χ1v) is 7.11. The summed E-state index contributed by atoms with van der Waals surface area (Å²) in [6.45, 7) is 4.86. The van der Waals surface area contributed by atoms with Gasteiger partial charge in [-0.2, -0.15) is 0 Å². The molecule has 0 aliphatic rings. The Kier molecular flexibility index (Phi) is 5.24. The summed E-state index contributed by atoms with van der Waals surface area (Å²) in [4.78, 5) is 4.13. The van der Waals surface area contributed by atoms with Gasteiger partial charge in [-0.1, -0.05) is 43.1 Å². The fourth-order valence-corrected chi connectivity index (χ4v) is 1.97. The van der Waals surface area contributed by atoms with Crippen LogP contribution in [0.4, 0.5) is 0 Å². The van der Waals surface area contributed by atoms with E-state index in [0.29, 0.717) is 28.4 Å². The fourth-order valence-electron chi connectivity index (χ4n) is 1.64. The van der Waals surface area contributed by atoms with E-state index < -0.39 is 0 Å². The molecule has 0 bridgehead atoms. The number of pyridine rings is 1. The fraction of sp³-hybridized carbons (Fsp3) is 0.267. The van der Waals surface area contributed by atoms with Gasteiger partial charge in [0.1, 0.15) is 16.5 Å². The number of benzene rings is 1. The predicted octanol–water partition coefficient (Wildman–Crippen LogP) is 4.68. The van der Waals surface area contributed by atoms with Crippen LogP contribution >= 0.6 is 23.2 Å². The third-order valence-corrected chi connectivity index (χ3v) is 3.50. The number of rotatable bonds is 5. The van der Waals surface area contributed by atoms with Crippen molar-refractivity contribution in [3.8, 4) is 11.5 Å². The highest BCUT2D eigenvalue weighted by molar-refractivity contribution is 6.42. The summed E-state index contributed by atoms with van der Waals surface area (Å²) in [6, 6.07) is 7.52. The third-order valence-electron chi connectivity index (χ3n) is 2.70. The molecular weight excluding hydrogens is 295 g/mol. The first kappa shape index (κ1) is 15.1. The van der Waals surface area contributed by atoms with Crippen LogP contribution in [-0.4, -0.2) is 11.0 Å². The van der Waals surface area contributed by atoms with E-state index in [1.165, 1.54) is 0 Å². The molecule has 0 radical (unpaired) electrons. The first-order chi connectivity index (χ1) is 9.58. The van der Waals surface area contributed by atoms with Crippen LogP contribution in [0.5, 0.6) is 11.5 Å². The highest BCUT2D eigenvalue weighted by atomic mass is 35.5. The van der Waals surface area contributed by atoms with Gasteiger partial charge in [-0.25, -0.2) is 0 Å². The summed E-state index contributed by atoms with van der Waals surface area (Å²) in [5, 5.41) is 4.22. The molecule has 3 nitrogen and oxygen atoms in total. The minimum atomic E-state index is 0.387. The van der Waals surface area contributed by atoms with E-state index >= 15 is 0 Å². The highest BCUT2D eigenvalue weighted by Crippen LogP contribution is 2.35. The van der Waals surface area contributed by atoms with E-state index in [2.05, 4.69) is 24.1 Å². The average molecular weight is 311 g/mol. The van der Waals surface area contributed by atoms with Crippen LogP contribution in [0.1, 0.15) is 19.4 Å². The van der Waals surface area contributed by atoms with Gasteiger partial charge in [-0.05, 0) is 18.2 Å². The second-order valence-corrected chi connectivity index (χ2v) is 5.46. The number of aromatic nitrogens is 1. The minimum Gasteiger partial charge on any atom is -0.455 e. The Balaban J connectivity index is 2.22. The molecule has 0 saturated carbocycles. The summed E-state index contributed by atoms with van der Waals surface area (Å²) in [5.74, 6) is 1.26. The van der Waals surface area contributed by atoms with Crippen molar-refractivity contribution >= 4 is 23.2 Å². The van der Waals surface area contributed by atoms with Crippen molar-refractivity contribution in [2.24, 2.45) is 0 Å². The van der Waals surface area contributed by atoms with Gasteiger partial charge in [0.05, 0.1) is 5.02 Å². The lowest BCUT2D eigenvalue weighted by Gasteiger charge is -2.14. The van der Waals surface area contributed by atoms with Gasteiger partial charge < -0.3 is 10.1 Å². The quantitative estimate of drug-likeness (QED) is 0.870. The lowest BCUT2D eigenvalue weighted by Crippen LogP contribution is -2.22. The Morgan fingerprint density at radius 3 is 2.75 bits per heavy atom. The van der Waals surface area contributed by atoms with Crippen LogP contribution in [0, 0.1) is 0 Å². The van der Waals surface area contributed by atoms with E-state index in [1.807, 2.05) is 6.07 Å². The molecule has 2 aromatic rings. The van der Waals surface area contributed by atoms with Gasteiger partial charge in [-0.15, -0.1) is 0 Å². The van der Waals surface area contributed by atoms with E-state index in [1.54, 1.807) is 30.6 Å². The van der Waals surface area contributed by atoms with Gasteiger partial charge in [0.25, 0.3) is 0 Å². The Morgan fingerprint density at radius 1 is 1.20 bits per heavy atom. The summed E-state index contributed by atoms with van der Waals surface area (Å²) in [5.41, 5.74) is 0.970. The Hall–Kier alpha value is -1.29. The lowest BCUT2D eigenvalue weighted by molar-refractivity contribution is 0.468. The van der Waals surface area contributed by atoms with E-state index in [0.717, 1.165) is 11.3 Å². The first-order valence-electron chi connectivity index (χ1n) is 6.36. The number of halogens is 2. The Bertz CT molecular complexity index is 588. The zero-order chi connectivity index (χ0) is 14.5. The van der Waals surface area contributed by atoms with Crippen LogP contribution in [0.15, 0.2) is 36.7 Å². The van der Waals surface area contributed by atoms with Crippen LogP contribution in [-0.2, 0) is 6.54 Å². The standard InChI is InChI=1S/C15H16Cl2N2O/c1-10(2)19-9-11-8-18-7-6-13(11)20-14-5-3-4-12(16)15(14)17/h3-8,10,19H,9H2,1-2H3. The Labute approximate surface area is 128 Å². The van der Waals surface area contributed by atoms with Gasteiger partial charge >= 0.3 is 0 Å². The molecule has 0 amide bonds. The van der Waals surface area contributed by atoms with Crippen molar-refractivity contribution in [3.63, 3.8) is 0 Å². The molecule has 0 saturated heterocycles. The molecule has 1 aromatic heterocycles. The maximum Gasteiger partial charge on any atom is 0.147 e. The molecule has 0 unspecified atom stereocenters. The minimum absolute atomic E-state index is 0.387. The summed E-state index contributed by atoms with van der Waals surface area (Å²) in [6.07, 6.45) is 3.47. The molecule has 0 aliphatic heterocycles. The van der Waals surface area contributed by atoms with Gasteiger partial charge in [0.2, 0.25) is 0 Å². The van der Waals surface area contributed by atoms with Crippen molar-refractivity contribution < 1.29 is 4.74 Å². The van der Waals surface area contributed by atoms with E-state index in [9.17, 15) is 0 Å². The van der Waals surface area contributed by atoms with E-state index in [4.69, 9.17) is 27.9 Å². The van der Waals surface area contributed by atoms with Crippen molar-refractivity contribution in [1.82, 2.24) is 10.3 Å². The second kappa shape index (κ2) is 6.93. The molecule has 2 rings (SSSR count). The van der Waals surface area contributed by atoms with Crippen molar-refractivity contribution in [1.29, 1.82) is 0 Å². The molecule has 0 fully saturated rings. The monoisotopic (exact) mass is 310 g/mol. The molecule has 106 valence electrons. The normalized spacial score (nSPS) is 10.8. The summed E-state index contributed by atoms with van der Waals surface area (Å²) in [7, 11) is 0. The maximum atomic E-state index is 6.13. The lowest BCUT2D eigenvalue weighted by atomic mass is 10.2. The number of ether oxygens (including phenoxy) is 1. The number of hydrogen-bond donors (Lipinski definition) is 1. The molecule has 0 aliphatic carbocycles. The topological polar surface area (TPSA) is 34.2 Å². The molecule has 1 aromatic carbocycles. The number of hydrogen-bond acceptors (Lipinski definition) is 3. The molecule has 20 heavy (non-hydrogen) atoms. The van der Waals surface area contributed by atoms with Crippen LogP contribution < -0.4 is 10.1 Å². The molecule has 0 spiro atoms. The molecular formula is C15H16Cl2N2O. The van der Waals surface area contributed by atoms with Crippen molar-refractivity contribution in [3.05, 3.63) is 52.3 Å². The van der Waals surface area contributed by atoms with Crippen molar-refractivity contribution in [2.75, 3.05) is 0 Å². The maximum absolute atomic E-state index is 6.13. The van der Waals surface area contributed by atoms with E-state index in [-0.39, 0.29) is 0 Å². The molecule has 0 atom stereocenters. The van der Waals surface area contributed by atoms with Gasteiger partial charge in [0, 0.05) is 30.5 Å². The smallest absolute Gasteiger partial charge is 0.147 e. The average Bonchev–Trinajstić information content (AvgIpc) is 2.43. The van der Waals surface area contributed by atoms with Crippen molar-refractivity contribution in [2.45, 2.75) is 26.4 Å². The zero-order valence-corrected chi connectivity index (χ0v) is 12.9. The summed E-state index contributed by atoms with van der Waals surface area (Å²) < 4.78 is 5.86. The second-order valence-electron chi connectivity index (χ2n) is 4.67. The molecule has 1 heterocycles. The largest absolute Gasteiger partial charge is 0.455 e. The Morgan fingerprint density at radius 2 is 2.00 bits per heavy atom. The highest BCUT2D eigenvalue weighted by Gasteiger charge is 2.10. The molecule has 5 heteroatoms. The zero-order valence-electron chi connectivity index (χ0n) is 11.4. The summed E-state index contributed by atoms with van der Waals surface area (Å²) >= 11 is 12.1. The van der Waals surface area contributed by atoms with Crippen LogP contribution in [0.25, 0.3) is 0 Å². The molecule has 1 N–H and O–H groups in total. The SMILES string of the molecule is CC(C)NCc1cnccc1Oc1cccc(Cl)c1Cl. The number of nitrogens with one attached hydrogen (secondary N) is 1. The van der Waals surface area contributed by atoms with Crippen LogP contribution in [0.2, 0.25) is 10.0 Å².